The van der Waals surface area contributed by atoms with Crippen LogP contribution in [0, 0.1) is 0 Å². The Morgan fingerprint density at radius 3 is 2.64 bits per heavy atom. The molecule has 5 nitrogen and oxygen atoms in total. The van der Waals surface area contributed by atoms with Crippen molar-refractivity contribution in [1.29, 1.82) is 0 Å². The number of fused-ring (bicyclic) bond motifs is 1. The molecule has 0 unspecified atom stereocenters. The molecule has 0 aliphatic carbocycles. The van der Waals surface area contributed by atoms with Crippen molar-refractivity contribution in [3.05, 3.63) is 44.7 Å². The normalized spacial score (nSPS) is 11.7. The van der Waals surface area contributed by atoms with E-state index in [0.29, 0.717) is 19.6 Å². The van der Waals surface area contributed by atoms with Crippen LogP contribution in [-0.4, -0.2) is 13.4 Å². The fourth-order valence-corrected chi connectivity index (χ4v) is 5.53. The molecule has 0 aliphatic heterocycles. The monoisotopic (exact) mass is 462 g/mol. The summed E-state index contributed by atoms with van der Waals surface area (Å²) in [6.07, 6.45) is 0. The van der Waals surface area contributed by atoms with E-state index in [0.717, 1.165) is 16.7 Å². The molecule has 0 atom stereocenters. The zero-order valence-electron chi connectivity index (χ0n) is 10.8. The molecule has 0 amide bonds. The summed E-state index contributed by atoms with van der Waals surface area (Å²) in [6, 6.07) is 9.94. The van der Waals surface area contributed by atoms with Crippen molar-refractivity contribution in [3.8, 4) is 5.75 Å². The molecule has 3 aromatic rings. The third-order valence-corrected chi connectivity index (χ3v) is 7.70. The van der Waals surface area contributed by atoms with Crippen LogP contribution in [0.3, 0.4) is 0 Å². The predicted octanol–water partition coefficient (Wildman–Crippen LogP) is 4.17. The Morgan fingerprint density at radius 2 is 1.95 bits per heavy atom. The highest BCUT2D eigenvalue weighted by atomic mass is 79.9. The van der Waals surface area contributed by atoms with E-state index in [4.69, 9.17) is 9.92 Å². The number of anilines is 1. The van der Waals surface area contributed by atoms with Crippen LogP contribution >= 0.6 is 43.2 Å². The molecule has 0 fully saturated rings. The van der Waals surface area contributed by atoms with Gasteiger partial charge in [-0.25, -0.2) is 4.98 Å². The molecule has 0 saturated carbocycles. The molecule has 1 aromatic carbocycles. The SMILES string of the molecule is Nc1ccc2cccc(OS(=O)(=O)c3cc(Br)c(Br)s3)c2n1. The molecular formula is C13H8Br2N2O3S2. The zero-order valence-corrected chi connectivity index (χ0v) is 15.6. The van der Waals surface area contributed by atoms with Crippen LogP contribution < -0.4 is 9.92 Å². The van der Waals surface area contributed by atoms with Crippen molar-refractivity contribution in [2.45, 2.75) is 4.21 Å². The molecule has 2 N–H and O–H groups in total. The number of nitrogen functional groups attached to an aromatic ring is 1. The van der Waals surface area contributed by atoms with Crippen LogP contribution in [0.4, 0.5) is 5.82 Å². The molecule has 2 aromatic heterocycles. The number of pyridine rings is 1. The highest BCUT2D eigenvalue weighted by Crippen LogP contribution is 2.36. The van der Waals surface area contributed by atoms with Crippen LogP contribution in [0.15, 0.2) is 48.9 Å². The first-order chi connectivity index (χ1) is 10.4. The van der Waals surface area contributed by atoms with Crippen LogP contribution in [0.1, 0.15) is 0 Å². The van der Waals surface area contributed by atoms with Gasteiger partial charge in [0.05, 0.1) is 3.79 Å². The second-order valence-electron chi connectivity index (χ2n) is 4.29. The molecule has 0 saturated heterocycles. The largest absolute Gasteiger partial charge is 0.384 e. The minimum absolute atomic E-state index is 0.0900. The summed E-state index contributed by atoms with van der Waals surface area (Å²) in [5.74, 6) is 0.438. The fourth-order valence-electron chi connectivity index (χ4n) is 1.81. The van der Waals surface area contributed by atoms with E-state index < -0.39 is 10.1 Å². The Bertz CT molecular complexity index is 951. The number of aromatic nitrogens is 1. The molecular weight excluding hydrogens is 456 g/mol. The first kappa shape index (κ1) is 15.7. The standard InChI is InChI=1S/C13H8Br2N2O3S2/c14-8-6-11(21-13(8)15)22(18,19)20-9-3-1-2-7-4-5-10(16)17-12(7)9/h1-6H,(H2,16,17). The quantitative estimate of drug-likeness (QED) is 0.589. The van der Waals surface area contributed by atoms with E-state index in [2.05, 4.69) is 36.8 Å². The summed E-state index contributed by atoms with van der Waals surface area (Å²) in [5, 5.41) is 0.746. The lowest BCUT2D eigenvalue weighted by atomic mass is 10.2. The number of benzene rings is 1. The minimum atomic E-state index is -3.94. The van der Waals surface area contributed by atoms with E-state index >= 15 is 0 Å². The Labute approximate surface area is 147 Å². The van der Waals surface area contributed by atoms with Crippen molar-refractivity contribution in [3.63, 3.8) is 0 Å². The third kappa shape index (κ3) is 2.98. The Balaban J connectivity index is 2.07. The molecule has 0 spiro atoms. The lowest BCUT2D eigenvalue weighted by Gasteiger charge is -2.08. The lowest BCUT2D eigenvalue weighted by molar-refractivity contribution is 0.490. The molecule has 9 heteroatoms. The van der Waals surface area contributed by atoms with Gasteiger partial charge in [0.1, 0.15) is 11.3 Å². The van der Waals surface area contributed by atoms with Crippen LogP contribution in [0.25, 0.3) is 10.9 Å². The van der Waals surface area contributed by atoms with Gasteiger partial charge in [-0.3, -0.25) is 0 Å². The zero-order chi connectivity index (χ0) is 15.9. The number of hydrogen-bond acceptors (Lipinski definition) is 6. The van der Waals surface area contributed by atoms with E-state index in [1.54, 1.807) is 30.3 Å². The van der Waals surface area contributed by atoms with E-state index in [-0.39, 0.29) is 9.96 Å². The number of halogens is 2. The summed E-state index contributed by atoms with van der Waals surface area (Å²) in [6.45, 7) is 0. The maximum atomic E-state index is 12.4. The Hall–Kier alpha value is -1.16. The van der Waals surface area contributed by atoms with Gasteiger partial charge in [-0.05, 0) is 56.1 Å². The fraction of sp³-hybridized carbons (Fsp3) is 0. The number of thiophene rings is 1. The summed E-state index contributed by atoms with van der Waals surface area (Å²) in [5.41, 5.74) is 6.07. The van der Waals surface area contributed by atoms with E-state index in [1.807, 2.05) is 0 Å². The first-order valence-corrected chi connectivity index (χ1v) is 9.72. The van der Waals surface area contributed by atoms with Crippen LogP contribution in [0.5, 0.6) is 5.75 Å². The van der Waals surface area contributed by atoms with Gasteiger partial charge in [0.25, 0.3) is 0 Å². The lowest BCUT2D eigenvalue weighted by Crippen LogP contribution is -2.08. The average molecular weight is 464 g/mol. The highest BCUT2D eigenvalue weighted by Gasteiger charge is 2.22. The number of nitrogens with two attached hydrogens (primary N) is 1. The van der Waals surface area contributed by atoms with Gasteiger partial charge in [0.15, 0.2) is 9.96 Å². The van der Waals surface area contributed by atoms with Crippen LogP contribution in [-0.2, 0) is 10.1 Å². The maximum Gasteiger partial charge on any atom is 0.348 e. The molecule has 0 bridgehead atoms. The first-order valence-electron chi connectivity index (χ1n) is 5.91. The van der Waals surface area contributed by atoms with Gasteiger partial charge in [-0.15, -0.1) is 11.3 Å². The van der Waals surface area contributed by atoms with E-state index in [9.17, 15) is 8.42 Å². The molecule has 0 radical (unpaired) electrons. The summed E-state index contributed by atoms with van der Waals surface area (Å²) in [7, 11) is -3.94. The van der Waals surface area contributed by atoms with Gasteiger partial charge in [0.2, 0.25) is 0 Å². The number of rotatable bonds is 3. The Kier molecular flexibility index (Phi) is 4.15. The Morgan fingerprint density at radius 1 is 1.18 bits per heavy atom. The third-order valence-electron chi connectivity index (χ3n) is 2.77. The molecule has 2 heterocycles. The summed E-state index contributed by atoms with van der Waals surface area (Å²) >= 11 is 7.58. The summed E-state index contributed by atoms with van der Waals surface area (Å²) in [4.78, 5) is 4.15. The van der Waals surface area contributed by atoms with Gasteiger partial charge in [0, 0.05) is 9.86 Å². The van der Waals surface area contributed by atoms with Gasteiger partial charge >= 0.3 is 10.1 Å². The average Bonchev–Trinajstić information content (AvgIpc) is 2.80. The second kappa shape index (κ2) is 5.80. The smallest absolute Gasteiger partial charge is 0.348 e. The van der Waals surface area contributed by atoms with Crippen molar-refractivity contribution in [2.24, 2.45) is 0 Å². The molecule has 114 valence electrons. The minimum Gasteiger partial charge on any atom is -0.384 e. The highest BCUT2D eigenvalue weighted by molar-refractivity contribution is 9.13. The molecule has 3 rings (SSSR count). The van der Waals surface area contributed by atoms with Crippen molar-refractivity contribution in [1.82, 2.24) is 4.98 Å². The number of hydrogen-bond donors (Lipinski definition) is 1. The van der Waals surface area contributed by atoms with Crippen molar-refractivity contribution >= 4 is 70.0 Å². The molecule has 22 heavy (non-hydrogen) atoms. The number of nitrogens with zero attached hydrogens (tertiary/aromatic N) is 1. The van der Waals surface area contributed by atoms with Gasteiger partial charge in [-0.2, -0.15) is 8.42 Å². The van der Waals surface area contributed by atoms with Crippen molar-refractivity contribution < 1.29 is 12.6 Å². The topological polar surface area (TPSA) is 82.3 Å². The number of para-hydroxylation sites is 1. The predicted molar refractivity (Wildman–Crippen MR) is 93.7 cm³/mol. The van der Waals surface area contributed by atoms with Crippen molar-refractivity contribution in [2.75, 3.05) is 5.73 Å². The second-order valence-corrected chi connectivity index (χ2v) is 9.29. The van der Waals surface area contributed by atoms with E-state index in [1.165, 1.54) is 6.07 Å². The summed E-state index contributed by atoms with van der Waals surface area (Å²) < 4.78 is 31.4. The van der Waals surface area contributed by atoms with Crippen LogP contribution in [0.2, 0.25) is 0 Å². The van der Waals surface area contributed by atoms with Gasteiger partial charge in [-0.1, -0.05) is 12.1 Å². The molecule has 0 aliphatic rings. The van der Waals surface area contributed by atoms with Gasteiger partial charge < -0.3 is 9.92 Å². The maximum absolute atomic E-state index is 12.4.